The number of amides is 1. The number of nitrogens with zero attached hydrogens (tertiary/aromatic N) is 2. The second-order valence-electron chi connectivity index (χ2n) is 6.45. The van der Waals surface area contributed by atoms with Crippen LogP contribution in [0.15, 0.2) is 60.9 Å². The number of thiazole rings is 1. The van der Waals surface area contributed by atoms with Crippen LogP contribution in [0.3, 0.4) is 0 Å². The fourth-order valence-corrected chi connectivity index (χ4v) is 3.78. The van der Waals surface area contributed by atoms with Crippen molar-refractivity contribution < 1.29 is 14.3 Å². The number of aryl methyl sites for hydroxylation is 1. The van der Waals surface area contributed by atoms with Crippen molar-refractivity contribution in [2.24, 2.45) is 0 Å². The van der Waals surface area contributed by atoms with Crippen molar-refractivity contribution in [2.45, 2.75) is 13.5 Å². The summed E-state index contributed by atoms with van der Waals surface area (Å²) in [5, 5.41) is 3.42. The number of hydrogen-bond acceptors (Lipinski definition) is 6. The van der Waals surface area contributed by atoms with Crippen molar-refractivity contribution in [3.05, 3.63) is 77.6 Å². The zero-order chi connectivity index (χ0) is 20.2. The second-order valence-corrected chi connectivity index (χ2v) is 7.48. The summed E-state index contributed by atoms with van der Waals surface area (Å²) in [6.45, 7) is 2.41. The quantitative estimate of drug-likeness (QED) is 0.497. The SMILES string of the molecule is COc1cc(C(=O)Nc2nc3ccc(C)cc3s2)ccc1OCc1ccncc1. The van der Waals surface area contributed by atoms with Gasteiger partial charge in [-0.2, -0.15) is 0 Å². The average Bonchev–Trinajstić information content (AvgIpc) is 3.14. The van der Waals surface area contributed by atoms with Gasteiger partial charge in [-0.3, -0.25) is 15.1 Å². The van der Waals surface area contributed by atoms with E-state index in [9.17, 15) is 4.79 Å². The third-order valence-electron chi connectivity index (χ3n) is 4.33. The van der Waals surface area contributed by atoms with Gasteiger partial charge in [-0.15, -0.1) is 0 Å². The van der Waals surface area contributed by atoms with E-state index in [1.807, 2.05) is 31.2 Å². The van der Waals surface area contributed by atoms with Gasteiger partial charge < -0.3 is 9.47 Å². The van der Waals surface area contributed by atoms with Crippen molar-refractivity contribution in [3.8, 4) is 11.5 Å². The number of rotatable bonds is 6. The van der Waals surface area contributed by atoms with Crippen LogP contribution < -0.4 is 14.8 Å². The minimum Gasteiger partial charge on any atom is -0.493 e. The zero-order valence-electron chi connectivity index (χ0n) is 16.0. The highest BCUT2D eigenvalue weighted by atomic mass is 32.1. The lowest BCUT2D eigenvalue weighted by atomic mass is 10.2. The second kappa shape index (κ2) is 8.28. The van der Waals surface area contributed by atoms with Crippen LogP contribution in [0.5, 0.6) is 11.5 Å². The lowest BCUT2D eigenvalue weighted by Gasteiger charge is -2.12. The van der Waals surface area contributed by atoms with Crippen molar-refractivity contribution in [3.63, 3.8) is 0 Å². The molecule has 0 atom stereocenters. The maximum Gasteiger partial charge on any atom is 0.257 e. The summed E-state index contributed by atoms with van der Waals surface area (Å²) in [6, 6.07) is 14.9. The molecule has 0 aliphatic heterocycles. The van der Waals surface area contributed by atoms with Gasteiger partial charge in [0.05, 0.1) is 17.3 Å². The first-order chi connectivity index (χ1) is 14.1. The van der Waals surface area contributed by atoms with Gasteiger partial charge in [0.25, 0.3) is 5.91 Å². The number of carbonyl (C=O) groups is 1. The van der Waals surface area contributed by atoms with Crippen LogP contribution in [0.4, 0.5) is 5.13 Å². The summed E-state index contributed by atoms with van der Waals surface area (Å²) in [6.07, 6.45) is 3.43. The number of methoxy groups -OCH3 is 1. The van der Waals surface area contributed by atoms with Crippen molar-refractivity contribution in [2.75, 3.05) is 12.4 Å². The molecule has 0 aliphatic rings. The molecule has 4 aromatic rings. The maximum atomic E-state index is 12.7. The first-order valence-corrected chi connectivity index (χ1v) is 9.82. The molecule has 1 N–H and O–H groups in total. The average molecular weight is 405 g/mol. The predicted octanol–water partition coefficient (Wildman–Crippen LogP) is 4.84. The number of hydrogen-bond donors (Lipinski definition) is 1. The third kappa shape index (κ3) is 4.35. The van der Waals surface area contributed by atoms with Gasteiger partial charge in [-0.25, -0.2) is 4.98 Å². The lowest BCUT2D eigenvalue weighted by molar-refractivity contribution is 0.102. The van der Waals surface area contributed by atoms with Gasteiger partial charge >= 0.3 is 0 Å². The Labute approximate surface area is 172 Å². The summed E-state index contributed by atoms with van der Waals surface area (Å²) in [4.78, 5) is 21.1. The van der Waals surface area contributed by atoms with Crippen molar-refractivity contribution >= 4 is 32.6 Å². The van der Waals surface area contributed by atoms with E-state index in [2.05, 4.69) is 21.4 Å². The molecule has 6 nitrogen and oxygen atoms in total. The normalized spacial score (nSPS) is 10.7. The Hall–Kier alpha value is -3.45. The van der Waals surface area contributed by atoms with E-state index in [1.165, 1.54) is 11.3 Å². The number of aromatic nitrogens is 2. The predicted molar refractivity (Wildman–Crippen MR) is 114 cm³/mol. The number of nitrogens with one attached hydrogen (secondary N) is 1. The van der Waals surface area contributed by atoms with Gasteiger partial charge in [0.15, 0.2) is 16.6 Å². The molecule has 0 spiro atoms. The summed E-state index contributed by atoms with van der Waals surface area (Å²) in [7, 11) is 1.55. The summed E-state index contributed by atoms with van der Waals surface area (Å²) in [5.74, 6) is 0.808. The Morgan fingerprint density at radius 2 is 1.90 bits per heavy atom. The molecule has 146 valence electrons. The largest absolute Gasteiger partial charge is 0.493 e. The molecule has 7 heteroatoms. The van der Waals surface area contributed by atoms with Crippen LogP contribution in [0, 0.1) is 6.92 Å². The smallest absolute Gasteiger partial charge is 0.257 e. The van der Waals surface area contributed by atoms with Crippen LogP contribution in [0.2, 0.25) is 0 Å². The highest BCUT2D eigenvalue weighted by Gasteiger charge is 2.14. The Morgan fingerprint density at radius 3 is 2.69 bits per heavy atom. The minimum absolute atomic E-state index is 0.250. The molecule has 0 fully saturated rings. The molecule has 0 aliphatic carbocycles. The molecule has 2 aromatic heterocycles. The number of pyridine rings is 1. The highest BCUT2D eigenvalue weighted by molar-refractivity contribution is 7.22. The molecule has 29 heavy (non-hydrogen) atoms. The van der Waals surface area contributed by atoms with E-state index in [-0.39, 0.29) is 5.91 Å². The van der Waals surface area contributed by atoms with E-state index in [0.717, 1.165) is 21.3 Å². The molecule has 4 rings (SSSR count). The molecule has 0 unspecified atom stereocenters. The van der Waals surface area contributed by atoms with E-state index in [1.54, 1.807) is 37.7 Å². The van der Waals surface area contributed by atoms with E-state index < -0.39 is 0 Å². The first kappa shape index (κ1) is 18.9. The molecule has 0 radical (unpaired) electrons. The van der Waals surface area contributed by atoms with Crippen molar-refractivity contribution in [1.82, 2.24) is 9.97 Å². The van der Waals surface area contributed by atoms with E-state index >= 15 is 0 Å². The number of ether oxygens (including phenoxy) is 2. The molecule has 2 aromatic carbocycles. The Balaban J connectivity index is 1.49. The van der Waals surface area contributed by atoms with Gasteiger partial charge in [0.2, 0.25) is 0 Å². The van der Waals surface area contributed by atoms with Crippen LogP contribution in [-0.4, -0.2) is 23.0 Å². The van der Waals surface area contributed by atoms with Crippen molar-refractivity contribution in [1.29, 1.82) is 0 Å². The van der Waals surface area contributed by atoms with E-state index in [4.69, 9.17) is 9.47 Å². The van der Waals surface area contributed by atoms with Gasteiger partial charge in [0, 0.05) is 18.0 Å². The van der Waals surface area contributed by atoms with Crippen LogP contribution in [-0.2, 0) is 6.61 Å². The molecule has 1 amide bonds. The standard InChI is InChI=1S/C22H19N3O3S/c1-14-3-5-17-20(11-14)29-22(24-17)25-21(26)16-4-6-18(19(12-16)27-2)28-13-15-7-9-23-10-8-15/h3-12H,13H2,1-2H3,(H,24,25,26). The Kier molecular flexibility index (Phi) is 5.39. The summed E-state index contributed by atoms with van der Waals surface area (Å²) in [5.41, 5.74) is 3.49. The molecular formula is C22H19N3O3S. The van der Waals surface area contributed by atoms with Gasteiger partial charge in [-0.1, -0.05) is 17.4 Å². The zero-order valence-corrected chi connectivity index (χ0v) is 16.8. The first-order valence-electron chi connectivity index (χ1n) is 9.00. The van der Waals surface area contributed by atoms with Gasteiger partial charge in [0.1, 0.15) is 6.61 Å². The number of fused-ring (bicyclic) bond motifs is 1. The number of anilines is 1. The molecule has 2 heterocycles. The Bertz CT molecular complexity index is 1160. The van der Waals surface area contributed by atoms with E-state index in [0.29, 0.717) is 28.8 Å². The Morgan fingerprint density at radius 1 is 1.07 bits per heavy atom. The summed E-state index contributed by atoms with van der Waals surface area (Å²) >= 11 is 1.45. The van der Waals surface area contributed by atoms with Crippen LogP contribution in [0.25, 0.3) is 10.2 Å². The molecule has 0 saturated carbocycles. The maximum absolute atomic E-state index is 12.7. The monoisotopic (exact) mass is 405 g/mol. The lowest BCUT2D eigenvalue weighted by Crippen LogP contribution is -2.12. The summed E-state index contributed by atoms with van der Waals surface area (Å²) < 4.78 is 12.3. The topological polar surface area (TPSA) is 73.3 Å². The third-order valence-corrected chi connectivity index (χ3v) is 5.27. The molecule has 0 saturated heterocycles. The fraction of sp³-hybridized carbons (Fsp3) is 0.136. The number of benzene rings is 2. The van der Waals surface area contributed by atoms with Crippen LogP contribution in [0.1, 0.15) is 21.5 Å². The fourth-order valence-electron chi connectivity index (χ4n) is 2.82. The van der Waals surface area contributed by atoms with Crippen LogP contribution >= 0.6 is 11.3 Å². The molecular weight excluding hydrogens is 386 g/mol. The minimum atomic E-state index is -0.250. The van der Waals surface area contributed by atoms with Gasteiger partial charge in [-0.05, 0) is 60.5 Å². The highest BCUT2D eigenvalue weighted by Crippen LogP contribution is 2.30. The molecule has 0 bridgehead atoms. The number of carbonyl (C=O) groups excluding carboxylic acids is 1.